The second kappa shape index (κ2) is 7.50. The zero-order chi connectivity index (χ0) is 20.0. The minimum atomic E-state index is 0.504. The predicted molar refractivity (Wildman–Crippen MR) is 117 cm³/mol. The number of benzene rings is 1. The summed E-state index contributed by atoms with van der Waals surface area (Å²) >= 11 is 12.7. The van der Waals surface area contributed by atoms with Gasteiger partial charge < -0.3 is 9.80 Å². The molecular weight excluding hydrogens is 407 g/mol. The number of piperidine rings is 1. The van der Waals surface area contributed by atoms with Gasteiger partial charge in [0.05, 0.1) is 11.9 Å². The van der Waals surface area contributed by atoms with Crippen LogP contribution in [0.25, 0.3) is 11.3 Å². The second-order valence-corrected chi connectivity index (χ2v) is 8.57. The van der Waals surface area contributed by atoms with Crippen molar-refractivity contribution in [1.29, 1.82) is 0 Å². The van der Waals surface area contributed by atoms with Gasteiger partial charge in [-0.2, -0.15) is 5.10 Å². The van der Waals surface area contributed by atoms with E-state index in [1.54, 1.807) is 4.68 Å². The molecule has 29 heavy (non-hydrogen) atoms. The van der Waals surface area contributed by atoms with Gasteiger partial charge in [-0.25, -0.2) is 0 Å². The molecule has 1 aromatic carbocycles. The summed E-state index contributed by atoms with van der Waals surface area (Å²) < 4.78 is 1.77. The molecule has 0 aliphatic carbocycles. The van der Waals surface area contributed by atoms with E-state index in [2.05, 4.69) is 37.2 Å². The lowest BCUT2D eigenvalue weighted by atomic mass is 10.0. The van der Waals surface area contributed by atoms with Gasteiger partial charge in [-0.15, -0.1) is 10.2 Å². The highest BCUT2D eigenvalue weighted by Crippen LogP contribution is 2.39. The number of rotatable bonds is 3. The van der Waals surface area contributed by atoms with Crippen LogP contribution < -0.4 is 9.80 Å². The zero-order valence-electron chi connectivity index (χ0n) is 16.2. The molecule has 150 valence electrons. The first-order chi connectivity index (χ1) is 14.1. The Labute approximate surface area is 180 Å². The van der Waals surface area contributed by atoms with E-state index in [4.69, 9.17) is 23.2 Å². The monoisotopic (exact) mass is 428 g/mol. The van der Waals surface area contributed by atoms with E-state index in [0.717, 1.165) is 61.0 Å². The molecule has 8 heteroatoms. The van der Waals surface area contributed by atoms with Gasteiger partial charge in [0, 0.05) is 60.2 Å². The summed E-state index contributed by atoms with van der Waals surface area (Å²) in [6, 6.07) is 8.49. The maximum Gasteiger partial charge on any atom is 0.151 e. The van der Waals surface area contributed by atoms with Gasteiger partial charge >= 0.3 is 0 Å². The van der Waals surface area contributed by atoms with Crippen LogP contribution in [0.15, 0.2) is 36.7 Å². The summed E-state index contributed by atoms with van der Waals surface area (Å²) in [5, 5.41) is 14.6. The fraction of sp³-hybridized carbons (Fsp3) is 0.381. The Morgan fingerprint density at radius 1 is 1.03 bits per heavy atom. The van der Waals surface area contributed by atoms with Gasteiger partial charge in [-0.3, -0.25) is 4.68 Å². The number of hydrogen-bond donors (Lipinski definition) is 0. The average molecular weight is 429 g/mol. The molecule has 2 aliphatic heterocycles. The fourth-order valence-corrected chi connectivity index (χ4v) is 5.01. The Morgan fingerprint density at radius 2 is 1.86 bits per heavy atom. The molecule has 1 saturated heterocycles. The first-order valence-corrected chi connectivity index (χ1v) is 10.7. The lowest BCUT2D eigenvalue weighted by molar-refractivity contribution is 0.469. The van der Waals surface area contributed by atoms with Crippen molar-refractivity contribution in [3.8, 4) is 11.3 Å². The standard InChI is InChI=1S/C21H22Cl2N6/c1-27-13-14(12-24-27)19-2-3-21(26-25-19)28-7-4-16(5-8-28)29-9-6-17-18(23)10-15(22)11-20(17)29/h2-3,10-13,16H,4-9H2,1H3. The van der Waals surface area contributed by atoms with Gasteiger partial charge in [0.15, 0.2) is 5.82 Å². The van der Waals surface area contributed by atoms with E-state index < -0.39 is 0 Å². The fourth-order valence-electron chi connectivity index (χ4n) is 4.43. The van der Waals surface area contributed by atoms with Crippen LogP contribution in [0.1, 0.15) is 18.4 Å². The quantitative estimate of drug-likeness (QED) is 0.624. The van der Waals surface area contributed by atoms with Crippen LogP contribution in [0.4, 0.5) is 11.5 Å². The summed E-state index contributed by atoms with van der Waals surface area (Å²) in [5.41, 5.74) is 4.27. The summed E-state index contributed by atoms with van der Waals surface area (Å²) in [6.07, 6.45) is 6.90. The summed E-state index contributed by atoms with van der Waals surface area (Å²) in [4.78, 5) is 4.81. The maximum atomic E-state index is 6.40. The highest BCUT2D eigenvalue weighted by Gasteiger charge is 2.31. The first kappa shape index (κ1) is 18.7. The molecule has 1 fully saturated rings. The Bertz CT molecular complexity index is 1020. The largest absolute Gasteiger partial charge is 0.368 e. The van der Waals surface area contributed by atoms with E-state index in [9.17, 15) is 0 Å². The molecule has 0 unspecified atom stereocenters. The Morgan fingerprint density at radius 3 is 2.55 bits per heavy atom. The van der Waals surface area contributed by atoms with E-state index in [1.807, 2.05) is 31.6 Å². The van der Waals surface area contributed by atoms with Crippen molar-refractivity contribution in [3.63, 3.8) is 0 Å². The molecule has 0 bridgehead atoms. The van der Waals surface area contributed by atoms with E-state index in [1.165, 1.54) is 11.3 Å². The molecule has 5 rings (SSSR count). The molecule has 2 aromatic heterocycles. The Balaban J connectivity index is 1.26. The Hall–Kier alpha value is -2.31. The van der Waals surface area contributed by atoms with Crippen LogP contribution >= 0.6 is 23.2 Å². The average Bonchev–Trinajstić information content (AvgIpc) is 3.35. The summed E-state index contributed by atoms with van der Waals surface area (Å²) in [7, 11) is 1.90. The van der Waals surface area contributed by atoms with Crippen LogP contribution in [0.2, 0.25) is 10.0 Å². The van der Waals surface area contributed by atoms with Crippen LogP contribution in [0.3, 0.4) is 0 Å². The molecule has 0 N–H and O–H groups in total. The van der Waals surface area contributed by atoms with Crippen LogP contribution in [0, 0.1) is 0 Å². The van der Waals surface area contributed by atoms with Crippen LogP contribution in [-0.4, -0.2) is 45.7 Å². The third-order valence-corrected chi connectivity index (χ3v) is 6.48. The lowest BCUT2D eigenvalue weighted by Crippen LogP contribution is -2.44. The van der Waals surface area contributed by atoms with Gasteiger partial charge in [0.1, 0.15) is 0 Å². The van der Waals surface area contributed by atoms with Crippen molar-refractivity contribution in [2.75, 3.05) is 29.4 Å². The number of aromatic nitrogens is 4. The molecule has 2 aliphatic rings. The van der Waals surface area contributed by atoms with Gasteiger partial charge in [0.25, 0.3) is 0 Å². The van der Waals surface area contributed by atoms with Crippen molar-refractivity contribution >= 4 is 34.7 Å². The number of nitrogens with zero attached hydrogens (tertiary/aromatic N) is 6. The Kier molecular flexibility index (Phi) is 4.84. The van der Waals surface area contributed by atoms with Crippen molar-refractivity contribution in [2.45, 2.75) is 25.3 Å². The van der Waals surface area contributed by atoms with Gasteiger partial charge in [-0.1, -0.05) is 23.2 Å². The first-order valence-electron chi connectivity index (χ1n) is 9.91. The highest BCUT2D eigenvalue weighted by atomic mass is 35.5. The molecule has 0 amide bonds. The van der Waals surface area contributed by atoms with Crippen LogP contribution in [-0.2, 0) is 13.5 Å². The number of halogens is 2. The minimum Gasteiger partial charge on any atom is -0.368 e. The smallest absolute Gasteiger partial charge is 0.151 e. The summed E-state index contributed by atoms with van der Waals surface area (Å²) in [6.45, 7) is 2.94. The molecule has 0 spiro atoms. The lowest BCUT2D eigenvalue weighted by Gasteiger charge is -2.38. The third-order valence-electron chi connectivity index (χ3n) is 5.93. The molecule has 6 nitrogen and oxygen atoms in total. The van der Waals surface area contributed by atoms with Crippen molar-refractivity contribution in [3.05, 3.63) is 52.3 Å². The molecule has 3 aromatic rings. The van der Waals surface area contributed by atoms with Crippen LogP contribution in [0.5, 0.6) is 0 Å². The second-order valence-electron chi connectivity index (χ2n) is 7.73. The number of anilines is 2. The van der Waals surface area contributed by atoms with Crippen molar-refractivity contribution in [1.82, 2.24) is 20.0 Å². The topological polar surface area (TPSA) is 50.1 Å². The van der Waals surface area contributed by atoms with Gasteiger partial charge in [-0.05, 0) is 49.1 Å². The van der Waals surface area contributed by atoms with Crippen molar-refractivity contribution < 1.29 is 0 Å². The van der Waals surface area contributed by atoms with E-state index in [0.29, 0.717) is 11.1 Å². The number of aryl methyl sites for hydroxylation is 1. The molecule has 0 atom stereocenters. The van der Waals surface area contributed by atoms with Crippen molar-refractivity contribution in [2.24, 2.45) is 7.05 Å². The maximum absolute atomic E-state index is 6.40. The predicted octanol–water partition coefficient (Wildman–Crippen LogP) is 4.22. The number of fused-ring (bicyclic) bond motifs is 1. The van der Waals surface area contributed by atoms with E-state index in [-0.39, 0.29) is 0 Å². The third kappa shape index (κ3) is 3.55. The summed E-state index contributed by atoms with van der Waals surface area (Å²) in [5.74, 6) is 0.934. The molecule has 0 saturated carbocycles. The van der Waals surface area contributed by atoms with E-state index >= 15 is 0 Å². The SMILES string of the molecule is Cn1cc(-c2ccc(N3CCC(N4CCc5c(Cl)cc(Cl)cc54)CC3)nn2)cn1. The molecular formula is C21H22Cl2N6. The number of hydrogen-bond acceptors (Lipinski definition) is 5. The highest BCUT2D eigenvalue weighted by molar-refractivity contribution is 6.35. The zero-order valence-corrected chi connectivity index (χ0v) is 17.7. The minimum absolute atomic E-state index is 0.504. The normalized spacial score (nSPS) is 17.1. The molecule has 0 radical (unpaired) electrons. The molecule has 4 heterocycles. The van der Waals surface area contributed by atoms with Gasteiger partial charge in [0.2, 0.25) is 0 Å².